The second kappa shape index (κ2) is 9.79. The summed E-state index contributed by atoms with van der Waals surface area (Å²) in [5.41, 5.74) is 3.41. The second-order valence-corrected chi connectivity index (χ2v) is 11.4. The van der Waals surface area contributed by atoms with Crippen LogP contribution in [0, 0.1) is 5.41 Å². The predicted octanol–water partition coefficient (Wildman–Crippen LogP) is 7.53. The zero-order valence-corrected chi connectivity index (χ0v) is 20.1. The summed E-state index contributed by atoms with van der Waals surface area (Å²) in [6, 6.07) is 6.36. The van der Waals surface area contributed by atoms with E-state index in [4.69, 9.17) is 0 Å². The molecule has 2 aromatic rings. The van der Waals surface area contributed by atoms with Crippen molar-refractivity contribution in [2.75, 3.05) is 6.54 Å². The van der Waals surface area contributed by atoms with Crippen molar-refractivity contribution in [1.29, 1.82) is 0 Å². The fourth-order valence-corrected chi connectivity index (χ4v) is 3.67. The lowest BCUT2D eigenvalue weighted by atomic mass is 9.88. The topological polar surface area (TPSA) is 25.2 Å². The first-order chi connectivity index (χ1) is 12.3. The lowest BCUT2D eigenvalue weighted by molar-refractivity contribution is 0.527. The van der Waals surface area contributed by atoms with Crippen molar-refractivity contribution < 1.29 is 0 Å². The molecule has 4 heteroatoms. The van der Waals surface area contributed by atoms with Gasteiger partial charge in [0.2, 0.25) is 0 Å². The highest BCUT2D eigenvalue weighted by atomic mass is 32.1. The molecule has 1 aliphatic rings. The molecule has 0 bridgehead atoms. The van der Waals surface area contributed by atoms with Crippen LogP contribution in [0.5, 0.6) is 0 Å². The molecule has 2 aromatic heterocycles. The third kappa shape index (κ3) is 8.98. The van der Waals surface area contributed by atoms with Crippen molar-refractivity contribution >= 4 is 29.1 Å². The summed E-state index contributed by atoms with van der Waals surface area (Å²) in [4.78, 5) is 5.57. The van der Waals surface area contributed by atoms with E-state index in [1.807, 2.05) is 22.9 Å². The quantitative estimate of drug-likeness (QED) is 0.445. The van der Waals surface area contributed by atoms with E-state index in [2.05, 4.69) is 101 Å². The number of thiophene rings is 1. The normalized spacial score (nSPS) is 14.0. The van der Waals surface area contributed by atoms with E-state index < -0.39 is 0 Å². The number of hydrogen-bond donors (Lipinski definition) is 0. The molecule has 0 amide bonds. The fraction of sp³-hybridized carbons (Fsp3) is 0.565. The van der Waals surface area contributed by atoms with Crippen LogP contribution in [0.2, 0.25) is 0 Å². The van der Waals surface area contributed by atoms with Crippen molar-refractivity contribution in [3.8, 4) is 0 Å². The van der Waals surface area contributed by atoms with Crippen LogP contribution in [0.1, 0.15) is 72.9 Å². The van der Waals surface area contributed by atoms with Crippen LogP contribution in [-0.2, 0) is 10.8 Å². The van der Waals surface area contributed by atoms with Gasteiger partial charge in [-0.2, -0.15) is 4.37 Å². The van der Waals surface area contributed by atoms with Gasteiger partial charge in [0.25, 0.3) is 0 Å². The molecule has 0 saturated heterocycles. The Kier molecular flexibility index (Phi) is 8.62. The van der Waals surface area contributed by atoms with E-state index in [1.165, 1.54) is 27.7 Å². The van der Waals surface area contributed by atoms with Gasteiger partial charge in [-0.05, 0) is 45.4 Å². The van der Waals surface area contributed by atoms with Gasteiger partial charge in [-0.1, -0.05) is 74.5 Å². The van der Waals surface area contributed by atoms with Gasteiger partial charge in [-0.3, -0.25) is 4.99 Å². The molecule has 3 rings (SSSR count). The van der Waals surface area contributed by atoms with Gasteiger partial charge in [-0.15, -0.1) is 11.3 Å². The lowest BCUT2D eigenvalue weighted by Crippen LogP contribution is -2.10. The van der Waals surface area contributed by atoms with Crippen LogP contribution in [0.15, 0.2) is 45.6 Å². The minimum atomic E-state index is 0.222. The molecule has 0 spiro atoms. The molecule has 0 fully saturated rings. The molecule has 27 heavy (non-hydrogen) atoms. The Morgan fingerprint density at radius 1 is 0.815 bits per heavy atom. The highest BCUT2D eigenvalue weighted by Gasteiger charge is 2.16. The summed E-state index contributed by atoms with van der Waals surface area (Å²) in [6.45, 7) is 20.7. The molecule has 3 heterocycles. The largest absolute Gasteiger partial charge is 0.289 e. The molecule has 1 aliphatic heterocycles. The van der Waals surface area contributed by atoms with Gasteiger partial charge >= 0.3 is 0 Å². The van der Waals surface area contributed by atoms with Crippen molar-refractivity contribution in [1.82, 2.24) is 4.37 Å². The van der Waals surface area contributed by atoms with Crippen LogP contribution in [0.4, 0.5) is 0 Å². The van der Waals surface area contributed by atoms with Gasteiger partial charge < -0.3 is 0 Å². The Labute approximate surface area is 174 Å². The molecule has 0 radical (unpaired) electrons. The van der Waals surface area contributed by atoms with Crippen LogP contribution in [0.3, 0.4) is 0 Å². The first-order valence-corrected chi connectivity index (χ1v) is 11.2. The second-order valence-electron chi connectivity index (χ2n) is 9.77. The number of aromatic nitrogens is 1. The number of allylic oxidation sites excluding steroid dienone is 1. The maximum absolute atomic E-state index is 4.23. The van der Waals surface area contributed by atoms with Crippen molar-refractivity contribution in [3.63, 3.8) is 0 Å². The van der Waals surface area contributed by atoms with Gasteiger partial charge in [0.1, 0.15) is 0 Å². The minimum Gasteiger partial charge on any atom is -0.289 e. The SMILES string of the molecule is CC(C)(C)C1=CCN=C1.CC(C)(C)c1cccs1.CC(C)(C)c1ccsn1. The summed E-state index contributed by atoms with van der Waals surface area (Å²) in [5, 5.41) is 4.14. The highest BCUT2D eigenvalue weighted by molar-refractivity contribution is 7.10. The molecule has 0 N–H and O–H groups in total. The fourth-order valence-electron chi connectivity index (χ4n) is 2.16. The first kappa shape index (κ1) is 23.8. The summed E-state index contributed by atoms with van der Waals surface area (Å²) >= 11 is 3.35. The van der Waals surface area contributed by atoms with Crippen molar-refractivity contribution in [2.45, 2.75) is 73.1 Å². The predicted molar refractivity (Wildman–Crippen MR) is 125 cm³/mol. The van der Waals surface area contributed by atoms with E-state index in [0.29, 0.717) is 10.8 Å². The molecule has 2 nitrogen and oxygen atoms in total. The van der Waals surface area contributed by atoms with Gasteiger partial charge in [0.05, 0.1) is 12.2 Å². The number of rotatable bonds is 0. The molecule has 0 aliphatic carbocycles. The maximum Gasteiger partial charge on any atom is 0.0595 e. The molecule has 0 atom stereocenters. The lowest BCUT2D eigenvalue weighted by Gasteiger charge is -2.16. The molecular weight excluding hydrogens is 368 g/mol. The third-order valence-electron chi connectivity index (χ3n) is 3.98. The van der Waals surface area contributed by atoms with Crippen LogP contribution < -0.4 is 0 Å². The average Bonchev–Trinajstić information content (AvgIpc) is 3.28. The maximum atomic E-state index is 4.23. The van der Waals surface area contributed by atoms with E-state index in [9.17, 15) is 0 Å². The summed E-state index contributed by atoms with van der Waals surface area (Å²) in [5.74, 6) is 0. The Morgan fingerprint density at radius 3 is 1.70 bits per heavy atom. The Hall–Kier alpha value is -1.26. The Morgan fingerprint density at radius 2 is 1.48 bits per heavy atom. The zero-order chi connectivity index (χ0) is 20.7. The number of aliphatic imine (C=N–C) groups is 1. The minimum absolute atomic E-state index is 0.222. The Balaban J connectivity index is 0.000000202. The van der Waals surface area contributed by atoms with Crippen LogP contribution in [-0.4, -0.2) is 17.1 Å². The smallest absolute Gasteiger partial charge is 0.0595 e. The van der Waals surface area contributed by atoms with Gasteiger partial charge in [-0.25, -0.2) is 0 Å². The summed E-state index contributed by atoms with van der Waals surface area (Å²) < 4.78 is 4.23. The molecule has 0 aromatic carbocycles. The highest BCUT2D eigenvalue weighted by Crippen LogP contribution is 2.26. The van der Waals surface area contributed by atoms with Crippen molar-refractivity contribution in [3.05, 3.63) is 51.2 Å². The first-order valence-electron chi connectivity index (χ1n) is 9.47. The van der Waals surface area contributed by atoms with E-state index in [-0.39, 0.29) is 5.41 Å². The molecule has 0 saturated carbocycles. The third-order valence-corrected chi connectivity index (χ3v) is 5.84. The van der Waals surface area contributed by atoms with Crippen molar-refractivity contribution in [2.24, 2.45) is 10.4 Å². The van der Waals surface area contributed by atoms with E-state index >= 15 is 0 Å². The molecule has 0 unspecified atom stereocenters. The molecule has 150 valence electrons. The molecular formula is C23H36N2S2. The Bertz CT molecular complexity index is 658. The zero-order valence-electron chi connectivity index (χ0n) is 18.5. The van der Waals surface area contributed by atoms with Gasteiger partial charge in [0.15, 0.2) is 0 Å². The summed E-state index contributed by atoms with van der Waals surface area (Å²) in [7, 11) is 0. The monoisotopic (exact) mass is 404 g/mol. The number of nitrogens with zero attached hydrogens (tertiary/aromatic N) is 2. The van der Waals surface area contributed by atoms with E-state index in [0.717, 1.165) is 6.54 Å². The van der Waals surface area contributed by atoms with E-state index in [1.54, 1.807) is 0 Å². The van der Waals surface area contributed by atoms with Crippen LogP contribution in [0.25, 0.3) is 0 Å². The average molecular weight is 405 g/mol. The van der Waals surface area contributed by atoms with Gasteiger partial charge in [0, 0.05) is 21.9 Å². The number of hydrogen-bond acceptors (Lipinski definition) is 4. The summed E-state index contributed by atoms with van der Waals surface area (Å²) in [6.07, 6.45) is 4.15. The standard InChI is InChI=1S/C8H13N.C8H12S.C7H11NS/c1-8(2,3)7-4-5-9-6-7;1-8(2,3)7-5-4-6-9-7;1-7(2,3)6-4-5-9-8-6/h4,6H,5H2,1-3H3;4-6H,1-3H3;4-5H,1-3H3. The van der Waals surface area contributed by atoms with Crippen LogP contribution >= 0.6 is 22.9 Å².